The molecule has 4 rings (SSSR count). The highest BCUT2D eigenvalue weighted by Crippen LogP contribution is 2.27. The van der Waals surface area contributed by atoms with Crippen LogP contribution < -0.4 is 4.90 Å². The van der Waals surface area contributed by atoms with Gasteiger partial charge < -0.3 is 9.32 Å². The predicted molar refractivity (Wildman–Crippen MR) is 119 cm³/mol. The Hall–Kier alpha value is -3.26. The van der Waals surface area contributed by atoms with Gasteiger partial charge >= 0.3 is 0 Å². The zero-order chi connectivity index (χ0) is 23.6. The molecule has 0 saturated carbocycles. The number of benzene rings is 2. The smallest absolute Gasteiger partial charge is 0.246 e. The highest BCUT2D eigenvalue weighted by molar-refractivity contribution is 7.89. The van der Waals surface area contributed by atoms with Gasteiger partial charge in [-0.05, 0) is 35.9 Å². The van der Waals surface area contributed by atoms with Gasteiger partial charge in [-0.3, -0.25) is 0 Å². The molecular formula is C22H17ClF2N4O3S. The highest BCUT2D eigenvalue weighted by atomic mass is 35.5. The molecule has 0 radical (unpaired) electrons. The Balaban J connectivity index is 1.50. The van der Waals surface area contributed by atoms with E-state index < -0.39 is 26.6 Å². The van der Waals surface area contributed by atoms with Crippen LogP contribution in [0.4, 0.5) is 14.7 Å². The Labute approximate surface area is 194 Å². The maximum absolute atomic E-state index is 14.0. The van der Waals surface area contributed by atoms with E-state index in [1.165, 1.54) is 0 Å². The van der Waals surface area contributed by atoms with E-state index in [4.69, 9.17) is 16.0 Å². The first kappa shape index (κ1) is 22.9. The third-order valence-corrected chi connectivity index (χ3v) is 7.34. The van der Waals surface area contributed by atoms with Gasteiger partial charge in [-0.25, -0.2) is 17.2 Å². The van der Waals surface area contributed by atoms with Crippen molar-refractivity contribution in [3.05, 3.63) is 76.3 Å². The predicted octanol–water partition coefficient (Wildman–Crippen LogP) is 4.16. The molecule has 11 heteroatoms. The Bertz CT molecular complexity index is 1360. The maximum Gasteiger partial charge on any atom is 0.246 e. The summed E-state index contributed by atoms with van der Waals surface area (Å²) >= 11 is 6.13. The molecule has 2 heterocycles. The molecule has 0 bridgehead atoms. The van der Waals surface area contributed by atoms with Crippen molar-refractivity contribution in [2.45, 2.75) is 4.90 Å². The van der Waals surface area contributed by atoms with Gasteiger partial charge in [-0.15, -0.1) is 0 Å². The number of hydrogen-bond acceptors (Lipinski definition) is 6. The molecule has 0 N–H and O–H groups in total. The molecule has 7 nitrogen and oxygen atoms in total. The van der Waals surface area contributed by atoms with E-state index >= 15 is 0 Å². The van der Waals surface area contributed by atoms with E-state index in [-0.39, 0.29) is 43.6 Å². The Morgan fingerprint density at radius 2 is 1.82 bits per heavy atom. The van der Waals surface area contributed by atoms with Gasteiger partial charge in [0.2, 0.25) is 27.5 Å². The Morgan fingerprint density at radius 3 is 2.52 bits per heavy atom. The van der Waals surface area contributed by atoms with Crippen LogP contribution in [0, 0.1) is 23.0 Å². The molecule has 0 unspecified atom stereocenters. The molecule has 2 aromatic carbocycles. The topological polar surface area (TPSA) is 90.4 Å². The van der Waals surface area contributed by atoms with Crippen molar-refractivity contribution in [1.82, 2.24) is 9.29 Å². The van der Waals surface area contributed by atoms with Gasteiger partial charge in [0.25, 0.3) is 0 Å². The Kier molecular flexibility index (Phi) is 6.47. The third-order valence-electron chi connectivity index (χ3n) is 5.08. The first-order valence-electron chi connectivity index (χ1n) is 9.83. The van der Waals surface area contributed by atoms with Gasteiger partial charge in [0.05, 0.1) is 0 Å². The van der Waals surface area contributed by atoms with Crippen LogP contribution in [0.3, 0.4) is 0 Å². The maximum atomic E-state index is 14.0. The minimum Gasteiger partial charge on any atom is -0.420 e. The molecule has 1 aromatic heterocycles. The minimum atomic E-state index is -4.22. The fraction of sp³-hybridized carbons (Fsp3) is 0.182. The summed E-state index contributed by atoms with van der Waals surface area (Å²) in [6.07, 6.45) is 3.29. The second kappa shape index (κ2) is 9.31. The fourth-order valence-electron chi connectivity index (χ4n) is 3.40. The normalized spacial score (nSPS) is 15.2. The number of oxazole rings is 1. The standard InChI is InChI=1S/C22H17ClF2N4O3S/c23-17-4-2-1-3-15(17)5-8-21-27-19(14-26)22(32-21)28-9-11-29(12-10-28)33(30,31)20-13-16(24)6-7-18(20)25/h1-8,13H,9-12H2/b8-5+. The van der Waals surface area contributed by atoms with Crippen molar-refractivity contribution in [2.24, 2.45) is 0 Å². The van der Waals surface area contributed by atoms with Crippen LogP contribution in [-0.2, 0) is 10.0 Å². The second-order valence-corrected chi connectivity index (χ2v) is 9.45. The average Bonchev–Trinajstić information content (AvgIpc) is 3.23. The minimum absolute atomic E-state index is 0.00531. The monoisotopic (exact) mass is 490 g/mol. The lowest BCUT2D eigenvalue weighted by molar-refractivity contribution is 0.371. The molecule has 0 aliphatic carbocycles. The van der Waals surface area contributed by atoms with Crippen LogP contribution in [0.15, 0.2) is 51.8 Å². The Morgan fingerprint density at radius 1 is 1.09 bits per heavy atom. The van der Waals surface area contributed by atoms with Gasteiger partial charge in [-0.1, -0.05) is 29.8 Å². The van der Waals surface area contributed by atoms with E-state index in [1.54, 1.807) is 29.2 Å². The quantitative estimate of drug-likeness (QED) is 0.533. The summed E-state index contributed by atoms with van der Waals surface area (Å²) in [5, 5.41) is 10.00. The third kappa shape index (κ3) is 4.75. The summed E-state index contributed by atoms with van der Waals surface area (Å²) < 4.78 is 59.9. The van der Waals surface area contributed by atoms with Crippen LogP contribution in [-0.4, -0.2) is 43.9 Å². The van der Waals surface area contributed by atoms with Crippen LogP contribution in [0.2, 0.25) is 5.02 Å². The molecule has 1 aliphatic heterocycles. The van der Waals surface area contributed by atoms with E-state index in [0.717, 1.165) is 22.0 Å². The number of nitriles is 1. The zero-order valence-corrected chi connectivity index (χ0v) is 18.7. The summed E-state index contributed by atoms with van der Waals surface area (Å²) in [4.78, 5) is 5.14. The van der Waals surface area contributed by atoms with Crippen molar-refractivity contribution in [3.8, 4) is 6.07 Å². The van der Waals surface area contributed by atoms with Gasteiger partial charge in [0, 0.05) is 37.3 Å². The number of hydrogen-bond donors (Lipinski definition) is 0. The lowest BCUT2D eigenvalue weighted by atomic mass is 10.2. The van der Waals surface area contributed by atoms with Crippen LogP contribution in [0.25, 0.3) is 12.2 Å². The summed E-state index contributed by atoms with van der Waals surface area (Å²) in [6.45, 7) is 0.338. The number of piperazine rings is 1. The van der Waals surface area contributed by atoms with E-state index in [0.29, 0.717) is 11.1 Å². The molecule has 3 aromatic rings. The number of halogens is 3. The summed E-state index contributed by atoms with van der Waals surface area (Å²) in [5.41, 5.74) is 0.808. The molecule has 170 valence electrons. The summed E-state index contributed by atoms with van der Waals surface area (Å²) in [5.74, 6) is -1.45. The lowest BCUT2D eigenvalue weighted by Crippen LogP contribution is -2.49. The number of aromatic nitrogens is 1. The molecule has 0 spiro atoms. The van der Waals surface area contributed by atoms with Crippen LogP contribution in [0.5, 0.6) is 0 Å². The summed E-state index contributed by atoms with van der Waals surface area (Å²) in [7, 11) is -4.22. The lowest BCUT2D eigenvalue weighted by Gasteiger charge is -2.33. The molecule has 1 aliphatic rings. The molecular weight excluding hydrogens is 474 g/mol. The van der Waals surface area contributed by atoms with Crippen molar-refractivity contribution < 1.29 is 21.6 Å². The molecule has 1 saturated heterocycles. The SMILES string of the molecule is N#Cc1nc(/C=C/c2ccccc2Cl)oc1N1CCN(S(=O)(=O)c2cc(F)ccc2F)CC1. The molecule has 1 fully saturated rings. The van der Waals surface area contributed by atoms with Crippen molar-refractivity contribution >= 4 is 39.7 Å². The van der Waals surface area contributed by atoms with Crippen LogP contribution in [0.1, 0.15) is 17.1 Å². The number of sulfonamides is 1. The van der Waals surface area contributed by atoms with Gasteiger partial charge in [-0.2, -0.15) is 14.6 Å². The van der Waals surface area contributed by atoms with Crippen LogP contribution >= 0.6 is 11.6 Å². The highest BCUT2D eigenvalue weighted by Gasteiger charge is 2.32. The zero-order valence-electron chi connectivity index (χ0n) is 17.1. The number of rotatable bonds is 5. The number of anilines is 1. The first-order chi connectivity index (χ1) is 15.8. The van der Waals surface area contributed by atoms with Crippen molar-refractivity contribution in [3.63, 3.8) is 0 Å². The van der Waals surface area contributed by atoms with E-state index in [9.17, 15) is 22.5 Å². The van der Waals surface area contributed by atoms with Gasteiger partial charge in [0.1, 0.15) is 22.6 Å². The number of nitrogens with zero attached hydrogens (tertiary/aromatic N) is 4. The first-order valence-corrected chi connectivity index (χ1v) is 11.6. The van der Waals surface area contributed by atoms with Gasteiger partial charge in [0.15, 0.2) is 0 Å². The largest absolute Gasteiger partial charge is 0.420 e. The molecule has 0 atom stereocenters. The summed E-state index contributed by atoms with van der Waals surface area (Å²) in [6, 6.07) is 11.5. The van der Waals surface area contributed by atoms with E-state index in [2.05, 4.69) is 4.98 Å². The fourth-order valence-corrected chi connectivity index (χ4v) is 5.10. The van der Waals surface area contributed by atoms with Crippen molar-refractivity contribution in [1.29, 1.82) is 5.26 Å². The van der Waals surface area contributed by atoms with Crippen molar-refractivity contribution in [2.75, 3.05) is 31.1 Å². The average molecular weight is 491 g/mol. The molecule has 0 amide bonds. The second-order valence-electron chi connectivity index (χ2n) is 7.14. The van der Waals surface area contributed by atoms with E-state index in [1.807, 2.05) is 18.2 Å². The molecule has 33 heavy (non-hydrogen) atoms.